The number of nitrogens with one attached hydrogen (secondary N) is 1. The summed E-state index contributed by atoms with van der Waals surface area (Å²) in [6.45, 7) is 2.27. The zero-order chi connectivity index (χ0) is 24.9. The van der Waals surface area contributed by atoms with Gasteiger partial charge in [-0.15, -0.1) is 0 Å². The molecular weight excluding hydrogens is 455 g/mol. The van der Waals surface area contributed by atoms with E-state index in [2.05, 4.69) is 17.4 Å². The topological polar surface area (TPSA) is 39.7 Å². The zero-order valence-corrected chi connectivity index (χ0v) is 20.0. The number of hydrogen-bond acceptors (Lipinski definition) is 4. The number of methoxy groups -OCH3 is 2. The zero-order valence-electron chi connectivity index (χ0n) is 20.0. The Labute approximate surface area is 204 Å². The van der Waals surface area contributed by atoms with E-state index in [0.29, 0.717) is 34.8 Å². The van der Waals surface area contributed by atoms with E-state index in [1.165, 1.54) is 19.8 Å². The Hall–Kier alpha value is -3.03. The molecule has 0 atom stereocenters. The minimum atomic E-state index is -4.49. The summed E-state index contributed by atoms with van der Waals surface area (Å²) in [5.74, 6) is 1.00. The van der Waals surface area contributed by atoms with Gasteiger partial charge in [0.2, 0.25) is 0 Å². The van der Waals surface area contributed by atoms with Crippen molar-refractivity contribution < 1.29 is 27.4 Å². The fourth-order valence-electron chi connectivity index (χ4n) is 4.71. The average molecular weight is 486 g/mol. The predicted octanol–water partition coefficient (Wildman–Crippen LogP) is 6.23. The maximum Gasteiger partial charge on any atom is 0.416 e. The number of rotatable bonds is 8. The van der Waals surface area contributed by atoms with Crippen LogP contribution in [0.1, 0.15) is 29.5 Å². The van der Waals surface area contributed by atoms with Gasteiger partial charge in [0.05, 0.1) is 33.0 Å². The number of piperidine rings is 1. The Morgan fingerprint density at radius 3 is 2.29 bits per heavy atom. The quantitative estimate of drug-likeness (QED) is 0.411. The van der Waals surface area contributed by atoms with E-state index in [1.54, 1.807) is 24.3 Å². The van der Waals surface area contributed by atoms with Crippen LogP contribution in [-0.4, -0.2) is 33.9 Å². The van der Waals surface area contributed by atoms with Gasteiger partial charge in [0.1, 0.15) is 11.5 Å². The minimum absolute atomic E-state index is 0.0746. The van der Waals surface area contributed by atoms with Gasteiger partial charge in [0.25, 0.3) is 0 Å². The summed E-state index contributed by atoms with van der Waals surface area (Å²) in [4.78, 5) is 0. The van der Waals surface area contributed by atoms with Crippen LogP contribution in [0.5, 0.6) is 11.5 Å². The van der Waals surface area contributed by atoms with Crippen molar-refractivity contribution in [3.63, 3.8) is 0 Å². The third-order valence-corrected chi connectivity index (χ3v) is 6.63. The highest BCUT2D eigenvalue weighted by Crippen LogP contribution is 2.39. The maximum absolute atomic E-state index is 13.8. The largest absolute Gasteiger partial charge is 0.497 e. The summed E-state index contributed by atoms with van der Waals surface area (Å²) in [5.41, 5.74) is 1.70. The summed E-state index contributed by atoms with van der Waals surface area (Å²) in [5, 5.41) is 3.38. The third-order valence-electron chi connectivity index (χ3n) is 6.63. The summed E-state index contributed by atoms with van der Waals surface area (Å²) in [7, 11) is 3.01. The first-order valence-corrected chi connectivity index (χ1v) is 11.6. The Balaban J connectivity index is 1.63. The molecule has 4 rings (SSSR count). The van der Waals surface area contributed by atoms with Crippen LogP contribution >= 0.6 is 0 Å². The van der Waals surface area contributed by atoms with Gasteiger partial charge in [-0.05, 0) is 79.0 Å². The van der Waals surface area contributed by atoms with E-state index in [4.69, 9.17) is 14.2 Å². The molecule has 1 fully saturated rings. The lowest BCUT2D eigenvalue weighted by molar-refractivity contribution is -0.137. The van der Waals surface area contributed by atoms with Crippen LogP contribution in [0.15, 0.2) is 66.7 Å². The van der Waals surface area contributed by atoms with Crippen LogP contribution in [-0.2, 0) is 22.9 Å². The number of alkyl halides is 3. The van der Waals surface area contributed by atoms with Gasteiger partial charge in [0.15, 0.2) is 0 Å². The van der Waals surface area contributed by atoms with Crippen molar-refractivity contribution in [3.05, 3.63) is 83.4 Å². The van der Waals surface area contributed by atoms with Crippen LogP contribution in [0.2, 0.25) is 0 Å². The minimum Gasteiger partial charge on any atom is -0.497 e. The van der Waals surface area contributed by atoms with Crippen LogP contribution < -0.4 is 14.8 Å². The maximum atomic E-state index is 13.8. The van der Waals surface area contributed by atoms with Gasteiger partial charge >= 0.3 is 6.18 Å². The third kappa shape index (κ3) is 5.80. The highest BCUT2D eigenvalue weighted by atomic mass is 19.4. The standard InChI is InChI=1S/C28H30F3NO3/c1-33-24-8-9-26(34-2)25(17-24)21-14-20(15-23(16-21)28(29,30)31)18-35-19-27(10-12-32-13-11-27)22-6-4-3-5-7-22/h3-9,14-17,32H,10-13,18-19H2,1-2H3. The molecular formula is C28H30F3NO3. The van der Waals surface area contributed by atoms with Crippen molar-refractivity contribution in [3.8, 4) is 22.6 Å². The summed E-state index contributed by atoms with van der Waals surface area (Å²) < 4.78 is 58.2. The van der Waals surface area contributed by atoms with Crippen LogP contribution in [0, 0.1) is 0 Å². The molecule has 1 heterocycles. The molecule has 1 saturated heterocycles. The van der Waals surface area contributed by atoms with Gasteiger partial charge in [-0.3, -0.25) is 0 Å². The molecule has 35 heavy (non-hydrogen) atoms. The molecule has 0 bridgehead atoms. The molecule has 0 unspecified atom stereocenters. The van der Waals surface area contributed by atoms with Crippen molar-refractivity contribution in [2.24, 2.45) is 0 Å². The molecule has 0 saturated carbocycles. The first-order valence-electron chi connectivity index (χ1n) is 11.6. The lowest BCUT2D eigenvalue weighted by Gasteiger charge is -2.38. The molecule has 1 aliphatic heterocycles. The smallest absolute Gasteiger partial charge is 0.416 e. The second-order valence-corrected chi connectivity index (χ2v) is 8.87. The Kier molecular flexibility index (Phi) is 7.67. The van der Waals surface area contributed by atoms with E-state index < -0.39 is 11.7 Å². The van der Waals surface area contributed by atoms with Crippen molar-refractivity contribution in [2.45, 2.75) is 31.0 Å². The normalized spacial score (nSPS) is 15.6. The van der Waals surface area contributed by atoms with Gasteiger partial charge in [0, 0.05) is 11.0 Å². The molecule has 7 heteroatoms. The Bertz CT molecular complexity index is 1130. The van der Waals surface area contributed by atoms with E-state index >= 15 is 0 Å². The first kappa shape index (κ1) is 25.1. The molecule has 3 aromatic rings. The van der Waals surface area contributed by atoms with Gasteiger partial charge < -0.3 is 19.5 Å². The van der Waals surface area contributed by atoms with E-state index in [1.807, 2.05) is 18.2 Å². The molecule has 0 spiro atoms. The first-order chi connectivity index (χ1) is 16.8. The van der Waals surface area contributed by atoms with Gasteiger partial charge in [-0.25, -0.2) is 0 Å². The summed E-state index contributed by atoms with van der Waals surface area (Å²) in [6, 6.07) is 19.3. The predicted molar refractivity (Wildman–Crippen MR) is 130 cm³/mol. The van der Waals surface area contributed by atoms with Gasteiger partial charge in [-0.1, -0.05) is 30.3 Å². The molecule has 4 nitrogen and oxygen atoms in total. The van der Waals surface area contributed by atoms with E-state index in [9.17, 15) is 13.2 Å². The number of benzene rings is 3. The van der Waals surface area contributed by atoms with Crippen molar-refractivity contribution in [1.29, 1.82) is 0 Å². The summed E-state index contributed by atoms with van der Waals surface area (Å²) in [6.07, 6.45) is -2.67. The second-order valence-electron chi connectivity index (χ2n) is 8.87. The van der Waals surface area contributed by atoms with Crippen LogP contribution in [0.4, 0.5) is 13.2 Å². The summed E-state index contributed by atoms with van der Waals surface area (Å²) >= 11 is 0. The van der Waals surface area contributed by atoms with Crippen molar-refractivity contribution >= 4 is 0 Å². The number of ether oxygens (including phenoxy) is 3. The van der Waals surface area contributed by atoms with Crippen LogP contribution in [0.3, 0.4) is 0 Å². The Morgan fingerprint density at radius 1 is 0.886 bits per heavy atom. The molecule has 0 radical (unpaired) electrons. The second kappa shape index (κ2) is 10.7. The van der Waals surface area contributed by atoms with Crippen molar-refractivity contribution in [2.75, 3.05) is 33.9 Å². The van der Waals surface area contributed by atoms with E-state index in [0.717, 1.165) is 38.1 Å². The fraction of sp³-hybridized carbons (Fsp3) is 0.357. The van der Waals surface area contributed by atoms with Crippen LogP contribution in [0.25, 0.3) is 11.1 Å². The fourth-order valence-corrected chi connectivity index (χ4v) is 4.71. The lowest BCUT2D eigenvalue weighted by atomic mass is 9.74. The SMILES string of the molecule is COc1ccc(OC)c(-c2cc(COCC3(c4ccccc4)CCNCC3)cc(C(F)(F)F)c2)c1. The molecule has 0 aliphatic carbocycles. The monoisotopic (exact) mass is 485 g/mol. The Morgan fingerprint density at radius 2 is 1.63 bits per heavy atom. The lowest BCUT2D eigenvalue weighted by Crippen LogP contribution is -2.43. The number of halogens is 3. The number of hydrogen-bond donors (Lipinski definition) is 1. The highest BCUT2D eigenvalue weighted by molar-refractivity contribution is 5.73. The molecule has 1 aliphatic rings. The van der Waals surface area contributed by atoms with Crippen molar-refractivity contribution in [1.82, 2.24) is 5.32 Å². The molecule has 186 valence electrons. The highest BCUT2D eigenvalue weighted by Gasteiger charge is 2.35. The average Bonchev–Trinajstić information content (AvgIpc) is 2.88. The van der Waals surface area contributed by atoms with Gasteiger partial charge in [-0.2, -0.15) is 13.2 Å². The molecule has 1 N–H and O–H groups in total. The molecule has 0 aromatic heterocycles. The molecule has 0 amide bonds. The van der Waals surface area contributed by atoms with E-state index in [-0.39, 0.29) is 12.0 Å². The molecule has 3 aromatic carbocycles.